The van der Waals surface area contributed by atoms with Crippen molar-refractivity contribution < 1.29 is 4.79 Å². The normalized spacial score (nSPS) is 25.2. The van der Waals surface area contributed by atoms with Crippen LogP contribution < -0.4 is 5.32 Å². The number of nitrogens with zero attached hydrogens (tertiary/aromatic N) is 2. The Labute approximate surface area is 244 Å². The number of aryl methyl sites for hydroxylation is 1. The second-order valence-corrected chi connectivity index (χ2v) is 14.0. The molecule has 0 spiro atoms. The van der Waals surface area contributed by atoms with Crippen LogP contribution in [0.4, 0.5) is 0 Å². The van der Waals surface area contributed by atoms with Gasteiger partial charge in [0.05, 0.1) is 11.0 Å². The number of hydrogen-bond acceptors (Lipinski definition) is 2. The fourth-order valence-corrected chi connectivity index (χ4v) is 8.89. The quantitative estimate of drug-likeness (QED) is 0.178. The van der Waals surface area contributed by atoms with Crippen LogP contribution in [-0.4, -0.2) is 22.0 Å². The van der Waals surface area contributed by atoms with Gasteiger partial charge in [0.25, 0.3) is 0 Å². The summed E-state index contributed by atoms with van der Waals surface area (Å²) in [6.07, 6.45) is 27.8. The van der Waals surface area contributed by atoms with E-state index in [1.165, 1.54) is 115 Å². The molecule has 4 fully saturated rings. The fourth-order valence-electron chi connectivity index (χ4n) is 8.89. The number of fused-ring (bicyclic) bond motifs is 1. The zero-order valence-corrected chi connectivity index (χ0v) is 25.6. The van der Waals surface area contributed by atoms with Crippen molar-refractivity contribution in [2.45, 2.75) is 148 Å². The van der Waals surface area contributed by atoms with E-state index in [2.05, 4.69) is 41.1 Å². The first-order chi connectivity index (χ1) is 19.7. The van der Waals surface area contributed by atoms with Gasteiger partial charge in [0.2, 0.25) is 5.91 Å². The smallest absolute Gasteiger partial charge is 0.226 e. The Kier molecular flexibility index (Phi) is 11.0. The number of nitrogens with one attached hydrogen (secondary N) is 1. The molecule has 4 saturated carbocycles. The summed E-state index contributed by atoms with van der Waals surface area (Å²) in [6, 6.07) is 8.56. The number of hydrogen-bond donors (Lipinski definition) is 1. The zero-order chi connectivity index (χ0) is 27.6. The fraction of sp³-hybridized carbons (Fsp3) is 0.778. The molecule has 1 amide bonds. The molecule has 0 radical (unpaired) electrons. The van der Waals surface area contributed by atoms with Crippen LogP contribution in [0, 0.1) is 23.2 Å². The Morgan fingerprint density at radius 3 is 1.90 bits per heavy atom. The van der Waals surface area contributed by atoms with Gasteiger partial charge in [-0.15, -0.1) is 0 Å². The first kappa shape index (κ1) is 29.6. The van der Waals surface area contributed by atoms with Gasteiger partial charge in [-0.05, 0) is 74.8 Å². The van der Waals surface area contributed by atoms with Gasteiger partial charge in [0.1, 0.15) is 5.82 Å². The van der Waals surface area contributed by atoms with Crippen molar-refractivity contribution in [1.29, 1.82) is 0 Å². The van der Waals surface area contributed by atoms with Crippen LogP contribution in [0.5, 0.6) is 0 Å². The van der Waals surface area contributed by atoms with E-state index in [9.17, 15) is 4.79 Å². The molecule has 222 valence electrons. The van der Waals surface area contributed by atoms with Crippen LogP contribution in [0.1, 0.15) is 141 Å². The molecule has 0 atom stereocenters. The molecule has 0 unspecified atom stereocenters. The van der Waals surface area contributed by atoms with Gasteiger partial charge >= 0.3 is 0 Å². The summed E-state index contributed by atoms with van der Waals surface area (Å²) in [5.41, 5.74) is 2.29. The van der Waals surface area contributed by atoms with E-state index in [-0.39, 0.29) is 5.41 Å². The van der Waals surface area contributed by atoms with Gasteiger partial charge < -0.3 is 9.88 Å². The van der Waals surface area contributed by atoms with E-state index in [4.69, 9.17) is 4.98 Å². The van der Waals surface area contributed by atoms with Crippen molar-refractivity contribution in [2.75, 3.05) is 6.54 Å². The number of rotatable bonds is 19. The summed E-state index contributed by atoms with van der Waals surface area (Å²) in [5, 5.41) is 3.39. The van der Waals surface area contributed by atoms with Crippen LogP contribution in [-0.2, 0) is 17.8 Å². The molecule has 4 aliphatic carbocycles. The highest BCUT2D eigenvalue weighted by atomic mass is 16.2. The number of imidazole rings is 1. The standard InChI is InChI=1S/C36H57N3O/c1-2-3-4-5-6-7-8-9-10-11-12-13-14-17-22-39-33-19-16-15-18-32(33)38-34(39)20-21-37-35(40)36-26-29-23-30(27-36)25-31(24-29)28-36/h15-16,18-19,29-31H,2-14,17,20-28H2,1H3,(H,37,40). The Morgan fingerprint density at radius 2 is 1.32 bits per heavy atom. The van der Waals surface area contributed by atoms with Crippen LogP contribution >= 0.6 is 0 Å². The minimum Gasteiger partial charge on any atom is -0.355 e. The van der Waals surface area contributed by atoms with Crippen molar-refractivity contribution >= 4 is 16.9 Å². The minimum absolute atomic E-state index is 0.0524. The van der Waals surface area contributed by atoms with E-state index >= 15 is 0 Å². The molecule has 4 heteroatoms. The monoisotopic (exact) mass is 547 g/mol. The van der Waals surface area contributed by atoms with E-state index in [1.807, 2.05) is 0 Å². The first-order valence-corrected chi connectivity index (χ1v) is 17.4. The second-order valence-electron chi connectivity index (χ2n) is 14.0. The van der Waals surface area contributed by atoms with E-state index in [0.29, 0.717) is 12.5 Å². The molecule has 4 nitrogen and oxygen atoms in total. The lowest BCUT2D eigenvalue weighted by Gasteiger charge is -2.55. The number of aromatic nitrogens is 2. The van der Waals surface area contributed by atoms with E-state index < -0.39 is 0 Å². The lowest BCUT2D eigenvalue weighted by Crippen LogP contribution is -2.53. The molecule has 1 aromatic heterocycles. The summed E-state index contributed by atoms with van der Waals surface area (Å²) in [6.45, 7) is 4.04. The maximum atomic E-state index is 13.4. The van der Waals surface area contributed by atoms with Crippen molar-refractivity contribution in [3.8, 4) is 0 Å². The average molecular weight is 548 g/mol. The van der Waals surface area contributed by atoms with Crippen molar-refractivity contribution in [2.24, 2.45) is 23.2 Å². The van der Waals surface area contributed by atoms with Crippen molar-refractivity contribution in [1.82, 2.24) is 14.9 Å². The van der Waals surface area contributed by atoms with Crippen molar-refractivity contribution in [3.05, 3.63) is 30.1 Å². The highest BCUT2D eigenvalue weighted by Gasteiger charge is 2.54. The van der Waals surface area contributed by atoms with Crippen LogP contribution in [0.3, 0.4) is 0 Å². The maximum Gasteiger partial charge on any atom is 0.226 e. The Bertz CT molecular complexity index is 1020. The number of benzene rings is 1. The molecule has 2 aromatic rings. The van der Waals surface area contributed by atoms with Gasteiger partial charge in [-0.2, -0.15) is 0 Å². The lowest BCUT2D eigenvalue weighted by atomic mass is 9.49. The third kappa shape index (κ3) is 7.71. The lowest BCUT2D eigenvalue weighted by molar-refractivity contribution is -0.146. The third-order valence-electron chi connectivity index (χ3n) is 10.6. The molecule has 1 N–H and O–H groups in total. The molecular weight excluding hydrogens is 490 g/mol. The topological polar surface area (TPSA) is 46.9 Å². The first-order valence-electron chi connectivity index (χ1n) is 17.4. The van der Waals surface area contributed by atoms with Crippen LogP contribution in [0.15, 0.2) is 24.3 Å². The summed E-state index contributed by atoms with van der Waals surface area (Å²) in [7, 11) is 0. The summed E-state index contributed by atoms with van der Waals surface area (Å²) in [4.78, 5) is 18.4. The maximum absolute atomic E-state index is 13.4. The molecule has 0 aliphatic heterocycles. The Morgan fingerprint density at radius 1 is 0.800 bits per heavy atom. The van der Waals surface area contributed by atoms with Crippen LogP contribution in [0.25, 0.3) is 11.0 Å². The predicted molar refractivity (Wildman–Crippen MR) is 167 cm³/mol. The summed E-state index contributed by atoms with van der Waals surface area (Å²) in [5.74, 6) is 3.92. The number of para-hydroxylation sites is 2. The molecular formula is C36H57N3O. The van der Waals surface area contributed by atoms with Crippen LogP contribution in [0.2, 0.25) is 0 Å². The third-order valence-corrected chi connectivity index (χ3v) is 10.6. The summed E-state index contributed by atoms with van der Waals surface area (Å²) < 4.78 is 2.44. The number of carbonyl (C=O) groups is 1. The highest BCUT2D eigenvalue weighted by Crippen LogP contribution is 2.60. The number of carbonyl (C=O) groups excluding carboxylic acids is 1. The minimum atomic E-state index is -0.0524. The van der Waals surface area contributed by atoms with Crippen molar-refractivity contribution in [3.63, 3.8) is 0 Å². The van der Waals surface area contributed by atoms with Gasteiger partial charge in [-0.1, -0.05) is 103 Å². The second kappa shape index (κ2) is 14.9. The molecule has 4 aliphatic rings. The average Bonchev–Trinajstić information content (AvgIpc) is 3.29. The Balaban J connectivity index is 1.00. The summed E-state index contributed by atoms with van der Waals surface area (Å²) >= 11 is 0. The molecule has 6 rings (SSSR count). The Hall–Kier alpha value is -1.84. The predicted octanol–water partition coefficient (Wildman–Crippen LogP) is 9.39. The van der Waals surface area contributed by atoms with E-state index in [1.54, 1.807) is 0 Å². The van der Waals surface area contributed by atoms with E-state index in [0.717, 1.165) is 61.3 Å². The SMILES string of the molecule is CCCCCCCCCCCCCCCCn1c(CCNC(=O)C23CC4CC(CC(C4)C2)C3)nc2ccccc21. The van der Waals surface area contributed by atoms with Gasteiger partial charge in [0.15, 0.2) is 0 Å². The highest BCUT2D eigenvalue weighted by molar-refractivity contribution is 5.83. The molecule has 4 bridgehead atoms. The zero-order valence-electron chi connectivity index (χ0n) is 25.6. The molecule has 1 heterocycles. The number of amides is 1. The number of unbranched alkanes of at least 4 members (excludes halogenated alkanes) is 13. The van der Waals surface area contributed by atoms with Gasteiger partial charge in [-0.25, -0.2) is 4.98 Å². The molecule has 0 saturated heterocycles. The van der Waals surface area contributed by atoms with Gasteiger partial charge in [0, 0.05) is 24.9 Å². The molecule has 40 heavy (non-hydrogen) atoms. The largest absolute Gasteiger partial charge is 0.355 e. The molecule has 1 aromatic carbocycles. The van der Waals surface area contributed by atoms with Gasteiger partial charge in [-0.3, -0.25) is 4.79 Å².